The van der Waals surface area contributed by atoms with Gasteiger partial charge in [0, 0.05) is 12.8 Å². The lowest BCUT2D eigenvalue weighted by Crippen LogP contribution is -2.13. The fraction of sp³-hybridized carbons (Fsp3) is 0.294. The monoisotopic (exact) mass is 357 g/mol. The van der Waals surface area contributed by atoms with E-state index in [0.717, 1.165) is 5.75 Å². The maximum Gasteiger partial charge on any atom is 0.326 e. The highest BCUT2D eigenvalue weighted by Crippen LogP contribution is 2.25. The van der Waals surface area contributed by atoms with Crippen LogP contribution in [0.1, 0.15) is 12.5 Å². The Bertz CT molecular complexity index is 866. The predicted molar refractivity (Wildman–Crippen MR) is 97.5 cm³/mol. The van der Waals surface area contributed by atoms with Gasteiger partial charge in [0.15, 0.2) is 22.1 Å². The molecule has 8 heteroatoms. The van der Waals surface area contributed by atoms with Crippen molar-refractivity contribution in [2.75, 3.05) is 19.0 Å². The molecule has 0 unspecified atom stereocenters. The molecule has 25 heavy (non-hydrogen) atoms. The van der Waals surface area contributed by atoms with Crippen molar-refractivity contribution < 1.29 is 9.53 Å². The Kier molecular flexibility index (Phi) is 5.49. The molecule has 3 rings (SSSR count). The number of nitrogens with one attached hydrogen (secondary N) is 1. The third-order valence-electron chi connectivity index (χ3n) is 3.50. The number of fused-ring (bicyclic) bond motifs is 1. The standard InChI is InChI=1S/C17H19N5O2S/c1-3-24-13(23)9-22-11-19-14-15(18-2)20-17(21-16(14)22)25-10-12-7-5-4-6-8-12/h4-8,11H,3,9-10H2,1-2H3,(H,18,20,21). The van der Waals surface area contributed by atoms with Crippen molar-refractivity contribution in [1.82, 2.24) is 19.5 Å². The first-order valence-electron chi connectivity index (χ1n) is 7.94. The highest BCUT2D eigenvalue weighted by molar-refractivity contribution is 7.98. The minimum Gasteiger partial charge on any atom is -0.465 e. The molecule has 3 aromatic rings. The van der Waals surface area contributed by atoms with Crippen molar-refractivity contribution >= 4 is 34.7 Å². The number of benzene rings is 1. The summed E-state index contributed by atoms with van der Waals surface area (Å²) in [7, 11) is 1.79. The van der Waals surface area contributed by atoms with Gasteiger partial charge in [-0.2, -0.15) is 0 Å². The van der Waals surface area contributed by atoms with Gasteiger partial charge < -0.3 is 14.6 Å². The molecule has 0 amide bonds. The molecular formula is C17H19N5O2S. The Labute approximate surface area is 149 Å². The number of rotatable bonds is 7. The SMILES string of the molecule is CCOC(=O)Cn1cnc2c(NC)nc(SCc3ccccc3)nc21. The van der Waals surface area contributed by atoms with E-state index in [-0.39, 0.29) is 12.5 Å². The van der Waals surface area contributed by atoms with E-state index in [4.69, 9.17) is 4.74 Å². The lowest BCUT2D eigenvalue weighted by atomic mass is 10.2. The summed E-state index contributed by atoms with van der Waals surface area (Å²) in [6.45, 7) is 2.21. The third kappa shape index (κ3) is 4.08. The van der Waals surface area contributed by atoms with E-state index >= 15 is 0 Å². The molecule has 0 aliphatic rings. The first-order valence-corrected chi connectivity index (χ1v) is 8.92. The number of hydrogen-bond acceptors (Lipinski definition) is 7. The molecule has 1 aromatic carbocycles. The Morgan fingerprint density at radius 2 is 2.08 bits per heavy atom. The van der Waals surface area contributed by atoms with Crippen LogP contribution in [0.25, 0.3) is 11.2 Å². The van der Waals surface area contributed by atoms with Gasteiger partial charge in [0.05, 0.1) is 12.9 Å². The summed E-state index contributed by atoms with van der Waals surface area (Å²) < 4.78 is 6.69. The number of imidazole rings is 1. The van der Waals surface area contributed by atoms with Crippen LogP contribution in [0, 0.1) is 0 Å². The zero-order valence-electron chi connectivity index (χ0n) is 14.1. The number of nitrogens with zero attached hydrogens (tertiary/aromatic N) is 4. The molecule has 2 heterocycles. The van der Waals surface area contributed by atoms with Crippen molar-refractivity contribution in [3.05, 3.63) is 42.2 Å². The Morgan fingerprint density at radius 3 is 2.80 bits per heavy atom. The van der Waals surface area contributed by atoms with Crippen molar-refractivity contribution in [3.63, 3.8) is 0 Å². The van der Waals surface area contributed by atoms with E-state index in [1.165, 1.54) is 17.3 Å². The van der Waals surface area contributed by atoms with Gasteiger partial charge in [0.2, 0.25) is 0 Å². The molecule has 7 nitrogen and oxygen atoms in total. The van der Waals surface area contributed by atoms with Crippen LogP contribution < -0.4 is 5.32 Å². The quantitative estimate of drug-likeness (QED) is 0.395. The van der Waals surface area contributed by atoms with Crippen LogP contribution in [0.4, 0.5) is 5.82 Å². The zero-order valence-corrected chi connectivity index (χ0v) is 14.9. The van der Waals surface area contributed by atoms with Crippen molar-refractivity contribution in [3.8, 4) is 0 Å². The summed E-state index contributed by atoms with van der Waals surface area (Å²) >= 11 is 1.54. The zero-order chi connectivity index (χ0) is 17.6. The van der Waals surface area contributed by atoms with Crippen molar-refractivity contribution in [1.29, 1.82) is 0 Å². The molecule has 0 aliphatic carbocycles. The fourth-order valence-electron chi connectivity index (χ4n) is 2.35. The van der Waals surface area contributed by atoms with Crippen LogP contribution in [-0.2, 0) is 21.8 Å². The number of ether oxygens (including phenoxy) is 1. The summed E-state index contributed by atoms with van der Waals surface area (Å²) in [6.07, 6.45) is 1.59. The minimum absolute atomic E-state index is 0.0767. The number of anilines is 1. The Morgan fingerprint density at radius 1 is 1.28 bits per heavy atom. The number of aromatic nitrogens is 4. The van der Waals surface area contributed by atoms with E-state index < -0.39 is 0 Å². The maximum atomic E-state index is 11.8. The maximum absolute atomic E-state index is 11.8. The second kappa shape index (κ2) is 7.98. The Hall–Kier alpha value is -2.61. The lowest BCUT2D eigenvalue weighted by Gasteiger charge is -2.07. The summed E-state index contributed by atoms with van der Waals surface area (Å²) in [4.78, 5) is 25.2. The van der Waals surface area contributed by atoms with Gasteiger partial charge in [-0.25, -0.2) is 15.0 Å². The molecule has 1 N–H and O–H groups in total. The Balaban J connectivity index is 1.87. The summed E-state index contributed by atoms with van der Waals surface area (Å²) in [5.74, 6) is 1.09. The first-order chi connectivity index (χ1) is 12.2. The number of carbonyl (C=O) groups is 1. The molecule has 0 atom stereocenters. The predicted octanol–water partition coefficient (Wildman–Crippen LogP) is 2.72. The normalized spacial score (nSPS) is 10.8. The van der Waals surface area contributed by atoms with Gasteiger partial charge in [-0.15, -0.1) is 0 Å². The van der Waals surface area contributed by atoms with Crippen LogP contribution in [0.3, 0.4) is 0 Å². The average molecular weight is 357 g/mol. The minimum atomic E-state index is -0.315. The molecule has 0 saturated heterocycles. The molecular weight excluding hydrogens is 338 g/mol. The van der Waals surface area contributed by atoms with Gasteiger partial charge in [-0.3, -0.25) is 4.79 Å². The van der Waals surface area contributed by atoms with Gasteiger partial charge in [0.25, 0.3) is 0 Å². The number of thioether (sulfide) groups is 1. The molecule has 0 aliphatic heterocycles. The lowest BCUT2D eigenvalue weighted by molar-refractivity contribution is -0.143. The third-order valence-corrected chi connectivity index (χ3v) is 4.41. The first kappa shape index (κ1) is 17.2. The smallest absolute Gasteiger partial charge is 0.326 e. The number of hydrogen-bond donors (Lipinski definition) is 1. The average Bonchev–Trinajstić information content (AvgIpc) is 3.03. The molecule has 0 saturated carbocycles. The van der Waals surface area contributed by atoms with E-state index in [2.05, 4.69) is 32.4 Å². The molecule has 0 fully saturated rings. The van der Waals surface area contributed by atoms with Crippen LogP contribution >= 0.6 is 11.8 Å². The molecule has 2 aromatic heterocycles. The fourth-order valence-corrected chi connectivity index (χ4v) is 3.14. The van der Waals surface area contributed by atoms with Crippen molar-refractivity contribution in [2.24, 2.45) is 0 Å². The van der Waals surface area contributed by atoms with Gasteiger partial charge in [0.1, 0.15) is 6.54 Å². The second-order valence-electron chi connectivity index (χ2n) is 5.23. The summed E-state index contributed by atoms with van der Waals surface area (Å²) in [5.41, 5.74) is 2.45. The molecule has 0 radical (unpaired) electrons. The number of carbonyl (C=O) groups excluding carboxylic acids is 1. The van der Waals surface area contributed by atoms with Crippen LogP contribution in [0.2, 0.25) is 0 Å². The van der Waals surface area contributed by atoms with Crippen LogP contribution in [0.5, 0.6) is 0 Å². The summed E-state index contributed by atoms with van der Waals surface area (Å²) in [6, 6.07) is 10.1. The largest absolute Gasteiger partial charge is 0.465 e. The van der Waals surface area contributed by atoms with Gasteiger partial charge in [-0.05, 0) is 12.5 Å². The molecule has 0 spiro atoms. The number of esters is 1. The van der Waals surface area contributed by atoms with Gasteiger partial charge in [-0.1, -0.05) is 42.1 Å². The molecule has 130 valence electrons. The van der Waals surface area contributed by atoms with Crippen molar-refractivity contribution in [2.45, 2.75) is 24.4 Å². The molecule has 0 bridgehead atoms. The van der Waals surface area contributed by atoms with Gasteiger partial charge >= 0.3 is 5.97 Å². The van der Waals surface area contributed by atoms with E-state index in [0.29, 0.717) is 28.7 Å². The van der Waals surface area contributed by atoms with E-state index in [9.17, 15) is 4.79 Å². The van der Waals surface area contributed by atoms with Crippen LogP contribution in [-0.4, -0.2) is 39.1 Å². The van der Waals surface area contributed by atoms with E-state index in [1.807, 2.05) is 18.2 Å². The highest BCUT2D eigenvalue weighted by atomic mass is 32.2. The highest BCUT2D eigenvalue weighted by Gasteiger charge is 2.15. The van der Waals surface area contributed by atoms with E-state index in [1.54, 1.807) is 24.9 Å². The second-order valence-corrected chi connectivity index (χ2v) is 6.17. The topological polar surface area (TPSA) is 81.9 Å². The van der Waals surface area contributed by atoms with Crippen LogP contribution in [0.15, 0.2) is 41.8 Å². The summed E-state index contributed by atoms with van der Waals surface area (Å²) in [5, 5.41) is 3.67.